The van der Waals surface area contributed by atoms with Crippen molar-refractivity contribution in [3.63, 3.8) is 0 Å². The molecular weight excluding hydrogens is 617 g/mol. The zero-order valence-corrected chi connectivity index (χ0v) is 27.3. The first-order chi connectivity index (χ1) is 24.2. The molecule has 0 fully saturated rings. The summed E-state index contributed by atoms with van der Waals surface area (Å²) in [6.07, 6.45) is 0. The number of aromatic nitrogens is 3. The Balaban J connectivity index is 1.27. The van der Waals surface area contributed by atoms with Gasteiger partial charge in [0.25, 0.3) is 0 Å². The van der Waals surface area contributed by atoms with E-state index in [2.05, 4.69) is 95.4 Å². The largest absolute Gasteiger partial charge is 0.309 e. The number of hydrogen-bond donors (Lipinski definition) is 0. The van der Waals surface area contributed by atoms with E-state index in [4.69, 9.17) is 9.97 Å². The third kappa shape index (κ3) is 4.14. The van der Waals surface area contributed by atoms with E-state index in [1.165, 1.54) is 0 Å². The minimum Gasteiger partial charge on any atom is -0.309 e. The highest BCUT2D eigenvalue weighted by atomic mass is 31.2. The van der Waals surface area contributed by atoms with Crippen molar-refractivity contribution >= 4 is 83.2 Å². The number of nitrogens with zero attached hydrogens (tertiary/aromatic N) is 3. The second kappa shape index (κ2) is 10.7. The molecule has 0 aliphatic carbocycles. The molecule has 0 aliphatic rings. The minimum atomic E-state index is -3.19. The molecule has 10 rings (SSSR count). The first kappa shape index (κ1) is 28.0. The molecule has 0 aliphatic heterocycles. The third-order valence-electron chi connectivity index (χ3n) is 9.81. The fourth-order valence-electron chi connectivity index (χ4n) is 7.54. The van der Waals surface area contributed by atoms with E-state index in [0.717, 1.165) is 87.2 Å². The van der Waals surface area contributed by atoms with Crippen molar-refractivity contribution in [3.05, 3.63) is 170 Å². The van der Waals surface area contributed by atoms with Gasteiger partial charge in [0.1, 0.15) is 5.65 Å². The van der Waals surface area contributed by atoms with Crippen molar-refractivity contribution in [3.8, 4) is 11.1 Å². The molecule has 0 spiro atoms. The summed E-state index contributed by atoms with van der Waals surface area (Å²) in [7, 11) is -3.19. The molecule has 0 N–H and O–H groups in total. The molecule has 3 aromatic heterocycles. The summed E-state index contributed by atoms with van der Waals surface area (Å²) < 4.78 is 17.8. The van der Waals surface area contributed by atoms with Crippen LogP contribution >= 0.6 is 7.14 Å². The van der Waals surface area contributed by atoms with Crippen molar-refractivity contribution in [1.82, 2.24) is 14.4 Å². The number of pyridine rings is 2. The van der Waals surface area contributed by atoms with Gasteiger partial charge in [0.15, 0.2) is 7.14 Å². The lowest BCUT2D eigenvalue weighted by Gasteiger charge is -2.23. The van der Waals surface area contributed by atoms with E-state index < -0.39 is 7.14 Å². The van der Waals surface area contributed by atoms with E-state index in [1.807, 2.05) is 78.9 Å². The maximum Gasteiger partial charge on any atom is 0.171 e. The van der Waals surface area contributed by atoms with Gasteiger partial charge in [0, 0.05) is 32.1 Å². The van der Waals surface area contributed by atoms with Gasteiger partial charge in [-0.15, -0.1) is 0 Å². The van der Waals surface area contributed by atoms with Gasteiger partial charge in [0.2, 0.25) is 0 Å². The monoisotopic (exact) mass is 645 g/mol. The molecule has 4 nitrogen and oxygen atoms in total. The molecule has 3 heterocycles. The average molecular weight is 646 g/mol. The van der Waals surface area contributed by atoms with Gasteiger partial charge in [-0.2, -0.15) is 0 Å². The number of rotatable bonds is 4. The normalized spacial score (nSPS) is 12.2. The van der Waals surface area contributed by atoms with Crippen molar-refractivity contribution in [2.24, 2.45) is 0 Å². The van der Waals surface area contributed by atoms with Crippen LogP contribution < -0.4 is 15.9 Å². The first-order valence-electron chi connectivity index (χ1n) is 16.4. The number of fused-ring (bicyclic) bond motifs is 10. The Kier molecular flexibility index (Phi) is 6.12. The fraction of sp³-hybridized carbons (Fsp3) is 0. The second-order valence-electron chi connectivity index (χ2n) is 12.5. The van der Waals surface area contributed by atoms with E-state index in [-0.39, 0.29) is 0 Å². The van der Waals surface area contributed by atoms with E-state index in [1.54, 1.807) is 0 Å². The molecule has 0 radical (unpaired) electrons. The summed E-state index contributed by atoms with van der Waals surface area (Å²) in [5.41, 5.74) is 8.00. The van der Waals surface area contributed by atoms with Crippen LogP contribution in [0.25, 0.3) is 71.3 Å². The smallest absolute Gasteiger partial charge is 0.171 e. The van der Waals surface area contributed by atoms with Crippen molar-refractivity contribution < 1.29 is 4.57 Å². The molecular formula is C44H28N3OP. The molecule has 49 heavy (non-hydrogen) atoms. The Morgan fingerprint density at radius 3 is 1.90 bits per heavy atom. The summed E-state index contributed by atoms with van der Waals surface area (Å²) in [6.45, 7) is 0. The van der Waals surface area contributed by atoms with E-state index in [0.29, 0.717) is 0 Å². The van der Waals surface area contributed by atoms with Gasteiger partial charge in [-0.05, 0) is 58.3 Å². The lowest BCUT2D eigenvalue weighted by atomic mass is 9.96. The van der Waals surface area contributed by atoms with Crippen LogP contribution in [0.3, 0.4) is 0 Å². The van der Waals surface area contributed by atoms with Crippen molar-refractivity contribution in [2.45, 2.75) is 0 Å². The maximum atomic E-state index is 15.5. The Bertz CT molecular complexity index is 2930. The highest BCUT2D eigenvalue weighted by Gasteiger charge is 2.31. The fourth-order valence-corrected chi connectivity index (χ4v) is 10.4. The summed E-state index contributed by atoms with van der Waals surface area (Å²) in [6, 6.07) is 57.8. The molecule has 10 aromatic rings. The predicted octanol–water partition coefficient (Wildman–Crippen LogP) is 9.80. The predicted molar refractivity (Wildman–Crippen MR) is 205 cm³/mol. The molecule has 5 heteroatoms. The van der Waals surface area contributed by atoms with Crippen LogP contribution in [0.1, 0.15) is 0 Å². The number of hydrogen-bond acceptors (Lipinski definition) is 3. The zero-order chi connectivity index (χ0) is 32.5. The van der Waals surface area contributed by atoms with Gasteiger partial charge < -0.3 is 4.57 Å². The van der Waals surface area contributed by atoms with Crippen LogP contribution in [0.2, 0.25) is 0 Å². The van der Waals surface area contributed by atoms with Crippen molar-refractivity contribution in [1.29, 1.82) is 0 Å². The van der Waals surface area contributed by atoms with Crippen LogP contribution in [0.4, 0.5) is 0 Å². The summed E-state index contributed by atoms with van der Waals surface area (Å²) in [5, 5.41) is 7.73. The lowest BCUT2D eigenvalue weighted by Crippen LogP contribution is -2.25. The van der Waals surface area contributed by atoms with Gasteiger partial charge >= 0.3 is 0 Å². The molecule has 0 bridgehead atoms. The molecule has 0 saturated heterocycles. The zero-order valence-electron chi connectivity index (χ0n) is 26.4. The Morgan fingerprint density at radius 1 is 0.469 bits per heavy atom. The molecule has 0 saturated carbocycles. The van der Waals surface area contributed by atoms with Crippen molar-refractivity contribution in [2.75, 3.05) is 0 Å². The minimum absolute atomic E-state index is 0.825. The Hall–Kier alpha value is -6.09. The van der Waals surface area contributed by atoms with Crippen LogP contribution in [0.5, 0.6) is 0 Å². The quantitative estimate of drug-likeness (QED) is 0.109. The molecule has 0 amide bonds. The summed E-state index contributed by atoms with van der Waals surface area (Å²) in [5.74, 6) is 0. The van der Waals surface area contributed by atoms with Gasteiger partial charge in [-0.3, -0.25) is 4.40 Å². The average Bonchev–Trinajstić information content (AvgIpc) is 3.57. The van der Waals surface area contributed by atoms with E-state index in [9.17, 15) is 0 Å². The number of imidazole rings is 1. The Labute approximate surface area is 282 Å². The summed E-state index contributed by atoms with van der Waals surface area (Å²) in [4.78, 5) is 10.3. The maximum absolute atomic E-state index is 15.5. The van der Waals surface area contributed by atoms with Crippen LogP contribution in [0, 0.1) is 0 Å². The van der Waals surface area contributed by atoms with Crippen LogP contribution in [-0.2, 0) is 4.57 Å². The highest BCUT2D eigenvalue weighted by molar-refractivity contribution is 7.85. The third-order valence-corrected chi connectivity index (χ3v) is 12.9. The Morgan fingerprint density at radius 2 is 1.12 bits per heavy atom. The van der Waals surface area contributed by atoms with Gasteiger partial charge in [-0.25, -0.2) is 9.97 Å². The summed E-state index contributed by atoms with van der Waals surface area (Å²) >= 11 is 0. The van der Waals surface area contributed by atoms with E-state index >= 15 is 4.57 Å². The molecule has 0 atom stereocenters. The number of para-hydroxylation sites is 3. The molecule has 7 aromatic carbocycles. The molecule has 230 valence electrons. The topological polar surface area (TPSA) is 47.3 Å². The van der Waals surface area contributed by atoms with Crippen LogP contribution in [0.15, 0.2) is 170 Å². The van der Waals surface area contributed by atoms with Crippen LogP contribution in [-0.4, -0.2) is 14.4 Å². The molecule has 0 unspecified atom stereocenters. The first-order valence-corrected chi connectivity index (χ1v) is 18.2. The lowest BCUT2D eigenvalue weighted by molar-refractivity contribution is 0.592. The standard InChI is InChI=1S/C44H28N3OP/c48-49(31-14-3-1-4-15-31,32-16-5-2-6-17-32)42-26-25-33(34-18-8-9-19-35(34)42)29-23-24-36-41(28-29)47-40-22-12-11-21-39(40)46-44(47)37-27-30-13-7-10-20-38(30)45-43(36)37/h1-28H. The van der Waals surface area contributed by atoms with Gasteiger partial charge in [-0.1, -0.05) is 133 Å². The van der Waals surface area contributed by atoms with Gasteiger partial charge in [0.05, 0.1) is 27.6 Å². The SMILES string of the molecule is O=P(c1ccccc1)(c1ccccc1)c1ccc(-c2ccc3c4nc5ccccc5cc4c4nc5ccccc5n4c3c2)c2ccccc12. The highest BCUT2D eigenvalue weighted by Crippen LogP contribution is 2.46. The second-order valence-corrected chi connectivity index (χ2v) is 15.3. The number of benzene rings is 7.